The first-order valence-corrected chi connectivity index (χ1v) is 11.1. The van der Waals surface area contributed by atoms with Gasteiger partial charge in [0.2, 0.25) is 0 Å². The summed E-state index contributed by atoms with van der Waals surface area (Å²) in [7, 11) is 0. The van der Waals surface area contributed by atoms with E-state index < -0.39 is 0 Å². The zero-order valence-corrected chi connectivity index (χ0v) is 16.7. The second-order valence-electron chi connectivity index (χ2n) is 8.27. The molecule has 2 fully saturated rings. The highest BCUT2D eigenvalue weighted by Crippen LogP contribution is 2.31. The van der Waals surface area contributed by atoms with Gasteiger partial charge in [0.05, 0.1) is 37.2 Å². The molecule has 0 radical (unpaired) electrons. The summed E-state index contributed by atoms with van der Waals surface area (Å²) in [6.45, 7) is 4.76. The number of piperidine rings is 1. The van der Waals surface area contributed by atoms with Crippen molar-refractivity contribution in [2.75, 3.05) is 31.6 Å². The number of aromatic nitrogens is 1. The number of rotatable bonds is 3. The number of likely N-dealkylation sites (tertiary alicyclic amines) is 1. The third kappa shape index (κ3) is 3.32. The number of fused-ring (bicyclic) bond motifs is 4. The highest BCUT2D eigenvalue weighted by atomic mass is 32.1. The molecule has 3 aliphatic heterocycles. The molecule has 0 aromatic carbocycles. The van der Waals surface area contributed by atoms with Crippen molar-refractivity contribution in [1.82, 2.24) is 4.57 Å². The number of nitrogens with zero attached hydrogens (tertiary/aromatic N) is 1. The molecule has 1 amide bonds. The Morgan fingerprint density at radius 3 is 2.86 bits per heavy atom. The van der Waals surface area contributed by atoms with Gasteiger partial charge in [0, 0.05) is 36.9 Å². The molecule has 5 heterocycles. The van der Waals surface area contributed by atoms with Crippen LogP contribution in [0.3, 0.4) is 0 Å². The summed E-state index contributed by atoms with van der Waals surface area (Å²) >= 11 is 1.38. The fourth-order valence-corrected chi connectivity index (χ4v) is 5.84. The maximum absolute atomic E-state index is 13.1. The maximum atomic E-state index is 13.1. The number of nitrogens with one attached hydrogen (secondary N) is 2. The lowest BCUT2D eigenvalue weighted by Crippen LogP contribution is -3.18. The van der Waals surface area contributed by atoms with E-state index in [0.29, 0.717) is 28.4 Å². The quantitative estimate of drug-likeness (QED) is 0.817. The summed E-state index contributed by atoms with van der Waals surface area (Å²) in [6.07, 6.45) is 3.47. The first-order valence-electron chi connectivity index (χ1n) is 10.2. The minimum atomic E-state index is -0.209. The molecule has 2 bridgehead atoms. The Bertz CT molecular complexity index is 917. The van der Waals surface area contributed by atoms with E-state index in [9.17, 15) is 9.59 Å². The van der Waals surface area contributed by atoms with Crippen molar-refractivity contribution in [2.45, 2.75) is 37.8 Å². The standard InChI is InChI=1S/C21H25N3O3S/c25-20(19-2-1-9-28-19)22-17-3-4-18-15-10-14(12-24(18)21(17)26)11-23(13-15)16-5-7-27-8-6-16/h1-4,9,14-16H,5-8,10-13H2,(H,22,25)/p+1/t14-,15+/m0/s1. The van der Waals surface area contributed by atoms with Crippen LogP contribution in [0.25, 0.3) is 0 Å². The van der Waals surface area contributed by atoms with Gasteiger partial charge in [-0.05, 0) is 30.0 Å². The zero-order chi connectivity index (χ0) is 19.1. The van der Waals surface area contributed by atoms with Gasteiger partial charge in [-0.2, -0.15) is 0 Å². The number of hydrogen-bond donors (Lipinski definition) is 2. The van der Waals surface area contributed by atoms with E-state index in [-0.39, 0.29) is 11.5 Å². The number of hydrogen-bond acceptors (Lipinski definition) is 4. The topological polar surface area (TPSA) is 64.8 Å². The molecule has 2 aromatic heterocycles. The van der Waals surface area contributed by atoms with Crippen molar-refractivity contribution in [3.63, 3.8) is 0 Å². The monoisotopic (exact) mass is 400 g/mol. The van der Waals surface area contributed by atoms with E-state index in [2.05, 4.69) is 11.4 Å². The molecule has 1 unspecified atom stereocenters. The number of amides is 1. The maximum Gasteiger partial charge on any atom is 0.274 e. The van der Waals surface area contributed by atoms with Crippen LogP contribution in [-0.2, 0) is 11.3 Å². The first kappa shape index (κ1) is 18.1. The van der Waals surface area contributed by atoms with Crippen LogP contribution in [0.15, 0.2) is 34.4 Å². The third-order valence-electron chi connectivity index (χ3n) is 6.54. The fraction of sp³-hybridized carbons (Fsp3) is 0.524. The number of carbonyl (C=O) groups is 1. The average molecular weight is 401 g/mol. The van der Waals surface area contributed by atoms with Crippen molar-refractivity contribution in [2.24, 2.45) is 5.92 Å². The second kappa shape index (κ2) is 7.46. The highest BCUT2D eigenvalue weighted by molar-refractivity contribution is 7.12. The minimum Gasteiger partial charge on any atom is -0.381 e. The summed E-state index contributed by atoms with van der Waals surface area (Å²) in [5, 5.41) is 4.67. The molecule has 3 aliphatic rings. The predicted molar refractivity (Wildman–Crippen MR) is 108 cm³/mol. The molecule has 7 heteroatoms. The lowest BCUT2D eigenvalue weighted by atomic mass is 9.82. The molecule has 0 saturated carbocycles. The number of carbonyl (C=O) groups excluding carboxylic acids is 1. The van der Waals surface area contributed by atoms with Crippen molar-refractivity contribution >= 4 is 22.9 Å². The summed E-state index contributed by atoms with van der Waals surface area (Å²) in [5.74, 6) is 0.754. The molecule has 148 valence electrons. The Morgan fingerprint density at radius 1 is 1.21 bits per heavy atom. The van der Waals surface area contributed by atoms with E-state index in [0.717, 1.165) is 51.4 Å². The number of pyridine rings is 1. The Morgan fingerprint density at radius 2 is 2.07 bits per heavy atom. The van der Waals surface area contributed by atoms with E-state index in [4.69, 9.17) is 4.74 Å². The van der Waals surface area contributed by atoms with Crippen molar-refractivity contribution in [3.8, 4) is 0 Å². The Hall–Kier alpha value is -1.96. The minimum absolute atomic E-state index is 0.0633. The van der Waals surface area contributed by atoms with Crippen LogP contribution in [0.5, 0.6) is 0 Å². The van der Waals surface area contributed by atoms with Crippen LogP contribution in [0.4, 0.5) is 5.69 Å². The second-order valence-corrected chi connectivity index (χ2v) is 9.22. The van der Waals surface area contributed by atoms with Crippen LogP contribution in [-0.4, -0.2) is 42.8 Å². The number of quaternary nitrogens is 1. The van der Waals surface area contributed by atoms with E-state index in [1.54, 1.807) is 17.0 Å². The van der Waals surface area contributed by atoms with Crippen molar-refractivity contribution in [3.05, 3.63) is 50.6 Å². The third-order valence-corrected chi connectivity index (χ3v) is 7.40. The van der Waals surface area contributed by atoms with Gasteiger partial charge in [0.15, 0.2) is 0 Å². The van der Waals surface area contributed by atoms with Gasteiger partial charge < -0.3 is 19.5 Å². The van der Waals surface area contributed by atoms with Crippen LogP contribution in [0, 0.1) is 5.92 Å². The Balaban J connectivity index is 1.38. The predicted octanol–water partition coefficient (Wildman–Crippen LogP) is 1.34. The van der Waals surface area contributed by atoms with Gasteiger partial charge in [0.25, 0.3) is 11.5 Å². The smallest absolute Gasteiger partial charge is 0.274 e. The van der Waals surface area contributed by atoms with Crippen LogP contribution in [0.1, 0.15) is 40.5 Å². The Kier molecular flexibility index (Phi) is 4.82. The van der Waals surface area contributed by atoms with Crippen molar-refractivity contribution < 1.29 is 14.4 Å². The van der Waals surface area contributed by atoms with E-state index in [1.165, 1.54) is 17.8 Å². The van der Waals surface area contributed by atoms with Gasteiger partial charge in [-0.15, -0.1) is 11.3 Å². The fourth-order valence-electron chi connectivity index (χ4n) is 5.23. The summed E-state index contributed by atoms with van der Waals surface area (Å²) in [5.41, 5.74) is 1.46. The average Bonchev–Trinajstić information content (AvgIpc) is 3.26. The SMILES string of the molecule is O=C(Nc1ccc2n(c1=O)C[C@H]1C[C@@H]2C[NH+](C2CCOCC2)C1)c1cccs1. The largest absolute Gasteiger partial charge is 0.381 e. The van der Waals surface area contributed by atoms with E-state index >= 15 is 0 Å². The zero-order valence-electron chi connectivity index (χ0n) is 15.9. The van der Waals surface area contributed by atoms with E-state index in [1.807, 2.05) is 16.0 Å². The van der Waals surface area contributed by atoms with Gasteiger partial charge in [-0.25, -0.2) is 0 Å². The number of ether oxygens (including phenoxy) is 1. The number of anilines is 1. The number of thiophene rings is 1. The molecule has 2 N–H and O–H groups in total. The molecule has 5 rings (SSSR count). The molecule has 2 saturated heterocycles. The molecule has 0 spiro atoms. The van der Waals surface area contributed by atoms with Gasteiger partial charge in [-0.3, -0.25) is 9.59 Å². The Labute approximate surface area is 168 Å². The van der Waals surface area contributed by atoms with Crippen LogP contribution < -0.4 is 15.8 Å². The van der Waals surface area contributed by atoms with Crippen LogP contribution >= 0.6 is 11.3 Å². The molecule has 28 heavy (non-hydrogen) atoms. The molecular weight excluding hydrogens is 374 g/mol. The molecule has 3 atom stereocenters. The van der Waals surface area contributed by atoms with Gasteiger partial charge in [-0.1, -0.05) is 6.07 Å². The molecule has 6 nitrogen and oxygen atoms in total. The van der Waals surface area contributed by atoms with Crippen LogP contribution in [0.2, 0.25) is 0 Å². The normalized spacial score (nSPS) is 27.2. The summed E-state index contributed by atoms with van der Waals surface area (Å²) < 4.78 is 7.46. The molecular formula is C21H26N3O3S+. The summed E-state index contributed by atoms with van der Waals surface area (Å²) in [4.78, 5) is 27.7. The van der Waals surface area contributed by atoms with Gasteiger partial charge >= 0.3 is 0 Å². The molecule has 0 aliphatic carbocycles. The summed E-state index contributed by atoms with van der Waals surface area (Å²) in [6, 6.07) is 8.16. The lowest BCUT2D eigenvalue weighted by Gasteiger charge is -2.44. The van der Waals surface area contributed by atoms with Crippen molar-refractivity contribution in [1.29, 1.82) is 0 Å². The lowest BCUT2D eigenvalue weighted by molar-refractivity contribution is -0.937. The highest BCUT2D eigenvalue weighted by Gasteiger charge is 2.40. The van der Waals surface area contributed by atoms with Gasteiger partial charge in [0.1, 0.15) is 5.69 Å². The first-order chi connectivity index (χ1) is 13.7. The molecule has 2 aromatic rings.